The fourth-order valence-corrected chi connectivity index (χ4v) is 1.58. The molecule has 3 heteroatoms. The van der Waals surface area contributed by atoms with Crippen molar-refractivity contribution in [2.24, 2.45) is 0 Å². The summed E-state index contributed by atoms with van der Waals surface area (Å²) in [6, 6.07) is 11.9. The van der Waals surface area contributed by atoms with Crippen LogP contribution in [0.3, 0.4) is 0 Å². The highest BCUT2D eigenvalue weighted by Gasteiger charge is 1.99. The van der Waals surface area contributed by atoms with Crippen LogP contribution < -0.4 is 4.74 Å². The van der Waals surface area contributed by atoms with E-state index in [4.69, 9.17) is 4.74 Å². The minimum atomic E-state index is 0.573. The summed E-state index contributed by atoms with van der Waals surface area (Å²) in [5.74, 6) is 0.814. The standard InChI is InChI=1S/C12H10BrNO/c13-11-8-14-7-6-12(11)15-9-10-4-2-1-3-5-10/h1-8H,9H2. The topological polar surface area (TPSA) is 22.1 Å². The number of hydrogen-bond donors (Lipinski definition) is 0. The van der Waals surface area contributed by atoms with E-state index in [1.165, 1.54) is 0 Å². The van der Waals surface area contributed by atoms with Gasteiger partial charge in [0.15, 0.2) is 0 Å². The van der Waals surface area contributed by atoms with Crippen molar-refractivity contribution in [3.8, 4) is 5.75 Å². The van der Waals surface area contributed by atoms with Crippen molar-refractivity contribution < 1.29 is 4.74 Å². The van der Waals surface area contributed by atoms with E-state index in [2.05, 4.69) is 20.9 Å². The van der Waals surface area contributed by atoms with E-state index in [0.717, 1.165) is 15.8 Å². The molecule has 1 aromatic carbocycles. The maximum Gasteiger partial charge on any atom is 0.137 e. The van der Waals surface area contributed by atoms with E-state index in [0.29, 0.717) is 6.61 Å². The van der Waals surface area contributed by atoms with E-state index in [-0.39, 0.29) is 0 Å². The van der Waals surface area contributed by atoms with Crippen molar-refractivity contribution in [1.29, 1.82) is 0 Å². The number of hydrogen-bond acceptors (Lipinski definition) is 2. The van der Waals surface area contributed by atoms with Crippen molar-refractivity contribution in [2.45, 2.75) is 6.61 Å². The van der Waals surface area contributed by atoms with Gasteiger partial charge in [-0.25, -0.2) is 0 Å². The Balaban J connectivity index is 2.03. The average Bonchev–Trinajstić information content (AvgIpc) is 2.29. The van der Waals surface area contributed by atoms with E-state index in [9.17, 15) is 0 Å². The minimum absolute atomic E-state index is 0.573. The Hall–Kier alpha value is -1.35. The van der Waals surface area contributed by atoms with Gasteiger partial charge in [-0.3, -0.25) is 4.98 Å². The quantitative estimate of drug-likeness (QED) is 0.847. The zero-order valence-corrected chi connectivity index (χ0v) is 9.65. The summed E-state index contributed by atoms with van der Waals surface area (Å²) >= 11 is 3.38. The smallest absolute Gasteiger partial charge is 0.137 e. The molecule has 2 aromatic rings. The monoisotopic (exact) mass is 263 g/mol. The summed E-state index contributed by atoms with van der Waals surface area (Å²) in [4.78, 5) is 3.97. The van der Waals surface area contributed by atoms with E-state index in [1.807, 2.05) is 36.4 Å². The van der Waals surface area contributed by atoms with Crippen LogP contribution in [-0.2, 0) is 6.61 Å². The van der Waals surface area contributed by atoms with Crippen LogP contribution in [0.5, 0.6) is 5.75 Å². The van der Waals surface area contributed by atoms with Crippen molar-refractivity contribution in [1.82, 2.24) is 4.98 Å². The second-order valence-electron chi connectivity index (χ2n) is 3.08. The third-order valence-corrected chi connectivity index (χ3v) is 2.57. The molecule has 1 aromatic heterocycles. The Morgan fingerprint density at radius 3 is 2.67 bits per heavy atom. The lowest BCUT2D eigenvalue weighted by molar-refractivity contribution is 0.304. The molecule has 0 aliphatic rings. The van der Waals surface area contributed by atoms with Crippen LogP contribution in [-0.4, -0.2) is 4.98 Å². The predicted molar refractivity (Wildman–Crippen MR) is 62.7 cm³/mol. The van der Waals surface area contributed by atoms with Crippen molar-refractivity contribution in [2.75, 3.05) is 0 Å². The highest BCUT2D eigenvalue weighted by molar-refractivity contribution is 9.10. The minimum Gasteiger partial charge on any atom is -0.488 e. The van der Waals surface area contributed by atoms with Gasteiger partial charge >= 0.3 is 0 Å². The number of rotatable bonds is 3. The lowest BCUT2D eigenvalue weighted by Crippen LogP contribution is -1.95. The van der Waals surface area contributed by atoms with Gasteiger partial charge in [-0.2, -0.15) is 0 Å². The Bertz CT molecular complexity index is 431. The molecule has 0 saturated carbocycles. The first-order chi connectivity index (χ1) is 7.36. The van der Waals surface area contributed by atoms with Gasteiger partial charge in [0, 0.05) is 12.4 Å². The summed E-state index contributed by atoms with van der Waals surface area (Å²) in [6.45, 7) is 0.573. The van der Waals surface area contributed by atoms with Gasteiger partial charge in [0.1, 0.15) is 12.4 Å². The van der Waals surface area contributed by atoms with Gasteiger partial charge < -0.3 is 4.74 Å². The van der Waals surface area contributed by atoms with Gasteiger partial charge in [-0.1, -0.05) is 30.3 Å². The molecule has 0 fully saturated rings. The molecule has 1 heterocycles. The number of aromatic nitrogens is 1. The van der Waals surface area contributed by atoms with Gasteiger partial charge in [0.05, 0.1) is 4.47 Å². The van der Waals surface area contributed by atoms with Crippen molar-refractivity contribution in [3.05, 3.63) is 58.8 Å². The highest BCUT2D eigenvalue weighted by Crippen LogP contribution is 2.23. The van der Waals surface area contributed by atoms with Crippen LogP contribution in [0.1, 0.15) is 5.56 Å². The molecule has 0 N–H and O–H groups in total. The molecule has 0 bridgehead atoms. The second kappa shape index (κ2) is 4.94. The molecule has 2 rings (SSSR count). The number of halogens is 1. The third-order valence-electron chi connectivity index (χ3n) is 1.97. The number of nitrogens with zero attached hydrogens (tertiary/aromatic N) is 1. The van der Waals surface area contributed by atoms with Crippen LogP contribution in [0.15, 0.2) is 53.3 Å². The van der Waals surface area contributed by atoms with Crippen molar-refractivity contribution in [3.63, 3.8) is 0 Å². The Kier molecular flexibility index (Phi) is 3.35. The zero-order valence-electron chi connectivity index (χ0n) is 8.06. The van der Waals surface area contributed by atoms with Gasteiger partial charge in [-0.15, -0.1) is 0 Å². The molecule has 76 valence electrons. The Morgan fingerprint density at radius 2 is 1.93 bits per heavy atom. The zero-order chi connectivity index (χ0) is 10.5. The molecule has 15 heavy (non-hydrogen) atoms. The second-order valence-corrected chi connectivity index (χ2v) is 3.93. The molecule has 0 unspecified atom stereocenters. The van der Waals surface area contributed by atoms with Crippen LogP contribution in [0, 0.1) is 0 Å². The van der Waals surface area contributed by atoms with E-state index in [1.54, 1.807) is 12.4 Å². The molecule has 0 spiro atoms. The number of ether oxygens (including phenoxy) is 1. The number of benzene rings is 1. The summed E-state index contributed by atoms with van der Waals surface area (Å²) < 4.78 is 6.51. The van der Waals surface area contributed by atoms with Crippen LogP contribution in [0.2, 0.25) is 0 Å². The first kappa shape index (κ1) is 10.2. The first-order valence-electron chi connectivity index (χ1n) is 4.62. The summed E-state index contributed by atoms with van der Waals surface area (Å²) in [5.41, 5.74) is 1.15. The third kappa shape index (κ3) is 2.80. The molecule has 0 atom stereocenters. The molecule has 0 saturated heterocycles. The maximum absolute atomic E-state index is 5.64. The SMILES string of the molecule is Brc1cnccc1OCc1ccccc1. The molecular weight excluding hydrogens is 254 g/mol. The van der Waals surface area contributed by atoms with Crippen LogP contribution >= 0.6 is 15.9 Å². The normalized spacial score (nSPS) is 9.93. The lowest BCUT2D eigenvalue weighted by atomic mass is 10.2. The van der Waals surface area contributed by atoms with Gasteiger partial charge in [0.25, 0.3) is 0 Å². The molecular formula is C12H10BrNO. The van der Waals surface area contributed by atoms with Gasteiger partial charge in [0.2, 0.25) is 0 Å². The van der Waals surface area contributed by atoms with Crippen LogP contribution in [0.4, 0.5) is 0 Å². The molecule has 0 radical (unpaired) electrons. The summed E-state index contributed by atoms with van der Waals surface area (Å²) in [6.07, 6.45) is 3.44. The molecule has 0 aliphatic heterocycles. The first-order valence-corrected chi connectivity index (χ1v) is 5.42. The predicted octanol–water partition coefficient (Wildman–Crippen LogP) is 3.42. The Morgan fingerprint density at radius 1 is 1.13 bits per heavy atom. The summed E-state index contributed by atoms with van der Waals surface area (Å²) in [5, 5.41) is 0. The maximum atomic E-state index is 5.64. The van der Waals surface area contributed by atoms with Crippen molar-refractivity contribution >= 4 is 15.9 Å². The Labute approximate surface area is 97.1 Å². The fraction of sp³-hybridized carbons (Fsp3) is 0.0833. The molecule has 0 amide bonds. The molecule has 0 aliphatic carbocycles. The summed E-state index contributed by atoms with van der Waals surface area (Å²) in [7, 11) is 0. The van der Waals surface area contributed by atoms with Gasteiger partial charge in [-0.05, 0) is 27.6 Å². The molecule has 2 nitrogen and oxygen atoms in total. The number of pyridine rings is 1. The largest absolute Gasteiger partial charge is 0.488 e. The van der Waals surface area contributed by atoms with Crippen LogP contribution in [0.25, 0.3) is 0 Å². The lowest BCUT2D eigenvalue weighted by Gasteiger charge is -2.07. The highest BCUT2D eigenvalue weighted by atomic mass is 79.9. The average molecular weight is 264 g/mol. The van der Waals surface area contributed by atoms with E-state index < -0.39 is 0 Å². The van der Waals surface area contributed by atoms with E-state index >= 15 is 0 Å². The fourth-order valence-electron chi connectivity index (χ4n) is 1.21.